The number of furan rings is 1. The molecule has 0 spiro atoms. The van der Waals surface area contributed by atoms with Gasteiger partial charge in [-0.3, -0.25) is 0 Å². The van der Waals surface area contributed by atoms with E-state index in [1.807, 2.05) is 41.7 Å². The summed E-state index contributed by atoms with van der Waals surface area (Å²) in [5.74, 6) is 1.87. The zero-order chi connectivity index (χ0) is 37.9. The van der Waals surface area contributed by atoms with Gasteiger partial charge in [0.1, 0.15) is 11.2 Å². The van der Waals surface area contributed by atoms with Gasteiger partial charge in [-0.05, 0) is 61.3 Å². The smallest absolute Gasteiger partial charge is 0.165 e. The first-order valence-corrected chi connectivity index (χ1v) is 20.3. The molecule has 0 N–H and O–H groups in total. The Hall–Kier alpha value is -7.47. The molecule has 10 aromatic carbocycles. The van der Waals surface area contributed by atoms with E-state index in [1.165, 1.54) is 47.1 Å². The molecular formula is C53H29N3OS. The fourth-order valence-electron chi connectivity index (χ4n) is 9.34. The molecule has 3 heterocycles. The van der Waals surface area contributed by atoms with Crippen molar-refractivity contribution in [2.75, 3.05) is 0 Å². The molecule has 0 bridgehead atoms. The van der Waals surface area contributed by atoms with E-state index in [2.05, 4.69) is 146 Å². The van der Waals surface area contributed by atoms with Gasteiger partial charge in [0, 0.05) is 58.4 Å². The van der Waals surface area contributed by atoms with E-state index in [0.29, 0.717) is 17.5 Å². The maximum atomic E-state index is 6.63. The van der Waals surface area contributed by atoms with Crippen molar-refractivity contribution in [3.8, 4) is 34.2 Å². The minimum Gasteiger partial charge on any atom is -0.455 e. The molecule has 3 aromatic heterocycles. The molecule has 0 fully saturated rings. The number of rotatable bonds is 3. The molecule has 13 rings (SSSR count). The molecule has 13 aromatic rings. The molecule has 0 saturated heterocycles. The summed E-state index contributed by atoms with van der Waals surface area (Å²) in [5, 5.41) is 16.5. The van der Waals surface area contributed by atoms with Crippen molar-refractivity contribution in [2.45, 2.75) is 0 Å². The summed E-state index contributed by atoms with van der Waals surface area (Å²) < 4.78 is 9.10. The third kappa shape index (κ3) is 4.47. The van der Waals surface area contributed by atoms with Crippen LogP contribution in [-0.2, 0) is 0 Å². The third-order valence-corrected chi connectivity index (χ3v) is 13.0. The Balaban J connectivity index is 1.16. The number of thiophene rings is 1. The van der Waals surface area contributed by atoms with Crippen LogP contribution in [0.15, 0.2) is 180 Å². The number of fused-ring (bicyclic) bond motifs is 16. The van der Waals surface area contributed by atoms with E-state index < -0.39 is 0 Å². The Kier molecular flexibility index (Phi) is 6.57. The average molecular weight is 756 g/mol. The zero-order valence-corrected chi connectivity index (χ0v) is 31.7. The van der Waals surface area contributed by atoms with Gasteiger partial charge >= 0.3 is 0 Å². The Labute approximate surface area is 335 Å². The lowest BCUT2D eigenvalue weighted by Gasteiger charge is -2.13. The van der Waals surface area contributed by atoms with Gasteiger partial charge in [-0.25, -0.2) is 15.0 Å². The molecule has 0 unspecified atom stereocenters. The highest BCUT2D eigenvalue weighted by molar-refractivity contribution is 7.27. The monoisotopic (exact) mass is 755 g/mol. The molecule has 0 radical (unpaired) electrons. The average Bonchev–Trinajstić information content (AvgIpc) is 3.87. The van der Waals surface area contributed by atoms with Crippen molar-refractivity contribution in [1.29, 1.82) is 0 Å². The van der Waals surface area contributed by atoms with Gasteiger partial charge in [-0.1, -0.05) is 158 Å². The number of nitrogens with zero attached hydrogens (tertiary/aromatic N) is 3. The van der Waals surface area contributed by atoms with Crippen molar-refractivity contribution in [3.05, 3.63) is 176 Å². The quantitative estimate of drug-likeness (QED) is 0.169. The Morgan fingerprint density at radius 2 is 0.983 bits per heavy atom. The molecule has 0 aliphatic rings. The van der Waals surface area contributed by atoms with Crippen LogP contribution in [0.2, 0.25) is 0 Å². The third-order valence-electron chi connectivity index (χ3n) is 11.9. The SMILES string of the molecule is c1ccc(-c2nc(-c3cccc4oc5c6ccccc6ccc5c34)nc(-c3c4ccccc4cc4sc5c(ccc6c7ccccc7c7ccccc7c65)c34)n2)cc1. The van der Waals surface area contributed by atoms with Gasteiger partial charge in [0.05, 0.1) is 0 Å². The molecule has 0 amide bonds. The lowest BCUT2D eigenvalue weighted by Crippen LogP contribution is -2.01. The fourth-order valence-corrected chi connectivity index (χ4v) is 10.7. The number of hydrogen-bond acceptors (Lipinski definition) is 5. The summed E-state index contributed by atoms with van der Waals surface area (Å²) in [6, 6.07) is 62.4. The van der Waals surface area contributed by atoms with Gasteiger partial charge in [0.2, 0.25) is 0 Å². The van der Waals surface area contributed by atoms with E-state index in [1.54, 1.807) is 0 Å². The van der Waals surface area contributed by atoms with Crippen molar-refractivity contribution in [3.63, 3.8) is 0 Å². The number of benzene rings is 10. The Morgan fingerprint density at radius 1 is 0.379 bits per heavy atom. The summed E-state index contributed by atoms with van der Waals surface area (Å²) in [5.41, 5.74) is 4.52. The van der Waals surface area contributed by atoms with Crippen LogP contribution < -0.4 is 0 Å². The summed E-state index contributed by atoms with van der Waals surface area (Å²) in [6.45, 7) is 0. The van der Waals surface area contributed by atoms with Gasteiger partial charge in [0.25, 0.3) is 0 Å². The molecule has 268 valence electrons. The topological polar surface area (TPSA) is 51.8 Å². The van der Waals surface area contributed by atoms with Crippen LogP contribution in [0, 0.1) is 0 Å². The Bertz CT molecular complexity index is 3830. The van der Waals surface area contributed by atoms with Gasteiger partial charge in [-0.2, -0.15) is 0 Å². The molecule has 58 heavy (non-hydrogen) atoms. The van der Waals surface area contributed by atoms with Crippen molar-refractivity contribution in [2.24, 2.45) is 0 Å². The van der Waals surface area contributed by atoms with Crippen LogP contribution in [-0.4, -0.2) is 15.0 Å². The molecular weight excluding hydrogens is 727 g/mol. The Morgan fingerprint density at radius 3 is 1.79 bits per heavy atom. The van der Waals surface area contributed by atoms with E-state index in [4.69, 9.17) is 19.4 Å². The van der Waals surface area contributed by atoms with E-state index in [9.17, 15) is 0 Å². The van der Waals surface area contributed by atoms with E-state index in [0.717, 1.165) is 65.6 Å². The van der Waals surface area contributed by atoms with Crippen LogP contribution in [0.25, 0.3) is 130 Å². The molecule has 5 heteroatoms. The lowest BCUT2D eigenvalue weighted by atomic mass is 9.92. The van der Waals surface area contributed by atoms with Crippen LogP contribution >= 0.6 is 11.3 Å². The zero-order valence-electron chi connectivity index (χ0n) is 30.9. The minimum absolute atomic E-state index is 0.605. The van der Waals surface area contributed by atoms with Crippen molar-refractivity contribution in [1.82, 2.24) is 15.0 Å². The van der Waals surface area contributed by atoms with Crippen LogP contribution in [0.1, 0.15) is 0 Å². The molecule has 0 saturated carbocycles. The highest BCUT2D eigenvalue weighted by atomic mass is 32.1. The summed E-state index contributed by atoms with van der Waals surface area (Å²) in [4.78, 5) is 16.1. The lowest BCUT2D eigenvalue weighted by molar-refractivity contribution is 0.672. The molecule has 4 nitrogen and oxygen atoms in total. The van der Waals surface area contributed by atoms with Crippen LogP contribution in [0.5, 0.6) is 0 Å². The maximum Gasteiger partial charge on any atom is 0.165 e. The summed E-state index contributed by atoms with van der Waals surface area (Å²) in [7, 11) is 0. The molecule has 0 aliphatic carbocycles. The fraction of sp³-hybridized carbons (Fsp3) is 0. The molecule has 0 aliphatic heterocycles. The van der Waals surface area contributed by atoms with Gasteiger partial charge in [-0.15, -0.1) is 11.3 Å². The van der Waals surface area contributed by atoms with Crippen LogP contribution in [0.3, 0.4) is 0 Å². The highest BCUT2D eigenvalue weighted by Crippen LogP contribution is 2.49. The second kappa shape index (κ2) is 12.0. The van der Waals surface area contributed by atoms with Gasteiger partial charge < -0.3 is 4.42 Å². The predicted octanol–water partition coefficient (Wildman–Crippen LogP) is 14.9. The van der Waals surface area contributed by atoms with E-state index in [-0.39, 0.29) is 0 Å². The second-order valence-corrected chi connectivity index (χ2v) is 16.1. The molecule has 0 atom stereocenters. The number of aromatic nitrogens is 3. The summed E-state index contributed by atoms with van der Waals surface area (Å²) >= 11 is 1.86. The van der Waals surface area contributed by atoms with Gasteiger partial charge in [0.15, 0.2) is 17.5 Å². The first-order chi connectivity index (χ1) is 28.8. The number of hydrogen-bond donors (Lipinski definition) is 0. The standard InChI is InChI=1S/C53H29N3OS/c1-2-14-31(15-3-1)51-54-52(42-23-12-24-43-45(42)40-26-25-30-13-4-7-18-34(30)49(40)57-43)56-53(55-51)48-33-17-6-5-16-32(33)29-44-47(48)41-28-27-39-37-21-9-8-19-35(37)36-20-10-11-22-38(36)46(39)50(41)58-44/h1-29H. The van der Waals surface area contributed by atoms with Crippen molar-refractivity contribution < 1.29 is 4.42 Å². The summed E-state index contributed by atoms with van der Waals surface area (Å²) in [6.07, 6.45) is 0. The largest absolute Gasteiger partial charge is 0.455 e. The maximum absolute atomic E-state index is 6.63. The first-order valence-electron chi connectivity index (χ1n) is 19.5. The van der Waals surface area contributed by atoms with E-state index >= 15 is 0 Å². The van der Waals surface area contributed by atoms with Crippen LogP contribution in [0.4, 0.5) is 0 Å². The van der Waals surface area contributed by atoms with Crippen molar-refractivity contribution >= 4 is 107 Å². The highest BCUT2D eigenvalue weighted by Gasteiger charge is 2.23. The normalized spacial score (nSPS) is 12.1. The second-order valence-electron chi connectivity index (χ2n) is 15.0. The predicted molar refractivity (Wildman–Crippen MR) is 244 cm³/mol. The first kappa shape index (κ1) is 31.7. The minimum atomic E-state index is 0.605.